The van der Waals surface area contributed by atoms with Crippen molar-refractivity contribution < 1.29 is 23.7 Å². The fourth-order valence-corrected chi connectivity index (χ4v) is 5.04. The van der Waals surface area contributed by atoms with Gasteiger partial charge in [0, 0.05) is 52.1 Å². The number of benzene rings is 1. The Labute approximate surface area is 185 Å². The molecule has 0 radical (unpaired) electrons. The van der Waals surface area contributed by atoms with E-state index >= 15 is 0 Å². The molecule has 0 bridgehead atoms. The van der Waals surface area contributed by atoms with E-state index in [0.717, 1.165) is 70.8 Å². The Bertz CT molecular complexity index is 704. The number of hydrogen-bond donors (Lipinski definition) is 2. The number of β-amino-alcohol motifs (C(OH)–C–C–N with tert-alkyl or cyclic N) is 1. The number of rotatable bonds is 8. The topological polar surface area (TPSA) is 56.2 Å². The van der Waals surface area contributed by atoms with E-state index in [1.54, 1.807) is 12.1 Å². The number of nitrogens with zero attached hydrogens (tertiary/aromatic N) is 2. The second kappa shape index (κ2) is 9.69. The van der Waals surface area contributed by atoms with Crippen LogP contribution in [0.25, 0.3) is 0 Å². The van der Waals surface area contributed by atoms with Crippen LogP contribution >= 0.6 is 0 Å². The molecule has 3 rings (SSSR count). The summed E-state index contributed by atoms with van der Waals surface area (Å²) in [6, 6.07) is 6.86. The maximum Gasteiger partial charge on any atom is 0.394 e. The Kier molecular flexibility index (Phi) is 7.62. The number of hydrogen-bond acceptors (Lipinski definition) is 5. The van der Waals surface area contributed by atoms with Crippen LogP contribution in [0.1, 0.15) is 64.4 Å². The van der Waals surface area contributed by atoms with Crippen LogP contribution in [0.4, 0.5) is 8.78 Å². The summed E-state index contributed by atoms with van der Waals surface area (Å²) in [7, 11) is 0. The van der Waals surface area contributed by atoms with Crippen molar-refractivity contribution in [1.29, 1.82) is 0 Å². The van der Waals surface area contributed by atoms with Crippen molar-refractivity contribution in [3.63, 3.8) is 0 Å². The summed E-state index contributed by atoms with van der Waals surface area (Å²) in [5.41, 5.74) is -0.704. The van der Waals surface area contributed by atoms with E-state index in [-0.39, 0.29) is 11.7 Å². The van der Waals surface area contributed by atoms with Crippen molar-refractivity contribution in [3.8, 4) is 5.75 Å². The highest BCUT2D eigenvalue weighted by molar-refractivity contribution is 5.33. The molecular weight excluding hydrogens is 402 g/mol. The monoisotopic (exact) mass is 440 g/mol. The molecule has 7 heteroatoms. The molecule has 1 saturated heterocycles. The molecule has 31 heavy (non-hydrogen) atoms. The van der Waals surface area contributed by atoms with Crippen LogP contribution in [0.2, 0.25) is 0 Å². The van der Waals surface area contributed by atoms with Gasteiger partial charge in [0.25, 0.3) is 0 Å². The van der Waals surface area contributed by atoms with Gasteiger partial charge in [0.1, 0.15) is 5.75 Å². The zero-order valence-corrected chi connectivity index (χ0v) is 19.1. The third-order valence-electron chi connectivity index (χ3n) is 6.44. The Balaban J connectivity index is 1.75. The summed E-state index contributed by atoms with van der Waals surface area (Å²) in [5.74, 6) is -0.0351. The van der Waals surface area contributed by atoms with E-state index in [9.17, 15) is 19.0 Å². The Morgan fingerprint density at radius 2 is 1.65 bits per heavy atom. The molecule has 1 aromatic rings. The normalized spacial score (nSPS) is 22.3. The molecule has 2 aliphatic rings. The minimum atomic E-state index is -3.24. The molecular formula is C24H38F2N2O3. The third-order valence-corrected chi connectivity index (χ3v) is 6.44. The van der Waals surface area contributed by atoms with E-state index in [4.69, 9.17) is 4.74 Å². The first-order chi connectivity index (χ1) is 14.4. The SMILES string of the molecule is CC(C)(O)CN1CCN(CC(c2cccc(OC(C)(F)F)c2)C2(O)CCCCC2)CC1. The second-order valence-corrected chi connectivity index (χ2v) is 10.1. The summed E-state index contributed by atoms with van der Waals surface area (Å²) in [4.78, 5) is 4.61. The Hall–Kier alpha value is -1.28. The van der Waals surface area contributed by atoms with E-state index < -0.39 is 17.3 Å². The van der Waals surface area contributed by atoms with Crippen LogP contribution in [0.5, 0.6) is 5.75 Å². The molecule has 176 valence electrons. The average molecular weight is 441 g/mol. The molecule has 1 aromatic carbocycles. The fourth-order valence-electron chi connectivity index (χ4n) is 5.04. The minimum Gasteiger partial charge on any atom is -0.433 e. The van der Waals surface area contributed by atoms with Gasteiger partial charge in [0.05, 0.1) is 11.2 Å². The summed E-state index contributed by atoms with van der Waals surface area (Å²) in [5, 5.41) is 21.7. The molecule has 0 amide bonds. The van der Waals surface area contributed by atoms with Crippen molar-refractivity contribution in [2.24, 2.45) is 0 Å². The number of aliphatic hydroxyl groups is 2. The summed E-state index contributed by atoms with van der Waals surface area (Å²) in [6.07, 6.45) is 1.30. The standard InChI is InChI=1S/C24H38F2N2O3/c1-22(2,29)18-28-14-12-27(13-15-28)17-21(24(30)10-5-4-6-11-24)19-8-7-9-20(16-19)31-23(3,25)26/h7-9,16,21,29-30H,4-6,10-15,17-18H2,1-3H3. The van der Waals surface area contributed by atoms with Gasteiger partial charge in [0.2, 0.25) is 0 Å². The molecule has 1 heterocycles. The first-order valence-corrected chi connectivity index (χ1v) is 11.5. The first kappa shape index (κ1) is 24.4. The van der Waals surface area contributed by atoms with Gasteiger partial charge < -0.3 is 19.8 Å². The molecule has 2 fully saturated rings. The minimum absolute atomic E-state index is 0.129. The lowest BCUT2D eigenvalue weighted by atomic mass is 9.72. The van der Waals surface area contributed by atoms with Crippen LogP contribution in [-0.2, 0) is 0 Å². The number of halogens is 2. The van der Waals surface area contributed by atoms with E-state index in [1.165, 1.54) is 6.07 Å². The van der Waals surface area contributed by atoms with Gasteiger partial charge in [-0.3, -0.25) is 4.90 Å². The quantitative estimate of drug-likeness (QED) is 0.643. The maximum atomic E-state index is 13.4. The number of ether oxygens (including phenoxy) is 1. The van der Waals surface area contributed by atoms with E-state index in [1.807, 2.05) is 19.9 Å². The van der Waals surface area contributed by atoms with Gasteiger partial charge in [-0.2, -0.15) is 8.78 Å². The molecule has 1 aliphatic carbocycles. The van der Waals surface area contributed by atoms with Crippen molar-refractivity contribution in [2.75, 3.05) is 39.3 Å². The van der Waals surface area contributed by atoms with Gasteiger partial charge in [-0.25, -0.2) is 0 Å². The van der Waals surface area contributed by atoms with Crippen molar-refractivity contribution in [3.05, 3.63) is 29.8 Å². The third kappa shape index (κ3) is 7.38. The predicted octanol–water partition coefficient (Wildman–Crippen LogP) is 3.85. The largest absolute Gasteiger partial charge is 0.433 e. The van der Waals surface area contributed by atoms with E-state index in [0.29, 0.717) is 13.1 Å². The smallest absolute Gasteiger partial charge is 0.394 e. The summed E-state index contributed by atoms with van der Waals surface area (Å²) in [6.45, 7) is 9.13. The van der Waals surface area contributed by atoms with Crippen molar-refractivity contribution in [2.45, 2.75) is 76.1 Å². The van der Waals surface area contributed by atoms with Crippen LogP contribution < -0.4 is 4.74 Å². The molecule has 1 saturated carbocycles. The molecule has 1 unspecified atom stereocenters. The zero-order chi connectivity index (χ0) is 22.7. The van der Waals surface area contributed by atoms with Crippen molar-refractivity contribution in [1.82, 2.24) is 9.80 Å². The number of alkyl halides is 2. The van der Waals surface area contributed by atoms with Gasteiger partial charge >= 0.3 is 6.11 Å². The lowest BCUT2D eigenvalue weighted by Crippen LogP contribution is -2.53. The second-order valence-electron chi connectivity index (χ2n) is 10.1. The fraction of sp³-hybridized carbons (Fsp3) is 0.750. The molecule has 0 aromatic heterocycles. The molecule has 2 N–H and O–H groups in total. The molecule has 5 nitrogen and oxygen atoms in total. The highest BCUT2D eigenvalue weighted by atomic mass is 19.3. The lowest BCUT2D eigenvalue weighted by molar-refractivity contribution is -0.159. The molecule has 1 atom stereocenters. The van der Waals surface area contributed by atoms with Crippen LogP contribution in [0.15, 0.2) is 24.3 Å². The van der Waals surface area contributed by atoms with Gasteiger partial charge in [-0.1, -0.05) is 31.4 Å². The Morgan fingerprint density at radius 1 is 1.03 bits per heavy atom. The number of piperazine rings is 1. The predicted molar refractivity (Wildman–Crippen MR) is 118 cm³/mol. The van der Waals surface area contributed by atoms with Gasteiger partial charge in [-0.15, -0.1) is 0 Å². The molecule has 1 aliphatic heterocycles. The first-order valence-electron chi connectivity index (χ1n) is 11.5. The highest BCUT2D eigenvalue weighted by Gasteiger charge is 2.40. The zero-order valence-electron chi connectivity index (χ0n) is 19.1. The van der Waals surface area contributed by atoms with Crippen LogP contribution in [0, 0.1) is 0 Å². The van der Waals surface area contributed by atoms with Gasteiger partial charge in [-0.05, 0) is 44.4 Å². The lowest BCUT2D eigenvalue weighted by Gasteiger charge is -2.44. The average Bonchev–Trinajstić information content (AvgIpc) is 2.65. The van der Waals surface area contributed by atoms with Crippen molar-refractivity contribution >= 4 is 0 Å². The van der Waals surface area contributed by atoms with Crippen LogP contribution in [-0.4, -0.2) is 76.6 Å². The summed E-state index contributed by atoms with van der Waals surface area (Å²) < 4.78 is 31.6. The highest BCUT2D eigenvalue weighted by Crippen LogP contribution is 2.41. The van der Waals surface area contributed by atoms with E-state index in [2.05, 4.69) is 9.80 Å². The Morgan fingerprint density at radius 3 is 2.23 bits per heavy atom. The maximum absolute atomic E-state index is 13.4. The van der Waals surface area contributed by atoms with Crippen LogP contribution in [0.3, 0.4) is 0 Å². The summed E-state index contributed by atoms with van der Waals surface area (Å²) >= 11 is 0. The van der Waals surface area contributed by atoms with Gasteiger partial charge in [0.15, 0.2) is 0 Å². The molecule has 0 spiro atoms.